The number of morpholine rings is 1. The molecule has 2 N–H and O–H groups in total. The summed E-state index contributed by atoms with van der Waals surface area (Å²) in [7, 11) is -3.55. The lowest BCUT2D eigenvalue weighted by Gasteiger charge is -2.26. The highest BCUT2D eigenvalue weighted by molar-refractivity contribution is 7.89. The van der Waals surface area contributed by atoms with Crippen LogP contribution in [-0.2, 0) is 14.8 Å². The van der Waals surface area contributed by atoms with Crippen LogP contribution in [0.15, 0.2) is 29.2 Å². The molecule has 0 saturated carbocycles. The third kappa shape index (κ3) is 5.27. The number of ether oxygens (including phenoxy) is 1. The molecule has 1 saturated heterocycles. The summed E-state index contributed by atoms with van der Waals surface area (Å²) in [5.74, 6) is -0.0982. The fourth-order valence-corrected chi connectivity index (χ4v) is 3.42. The van der Waals surface area contributed by atoms with Crippen molar-refractivity contribution in [3.8, 4) is 0 Å². The van der Waals surface area contributed by atoms with Gasteiger partial charge in [0, 0.05) is 31.7 Å². The molecule has 1 aliphatic heterocycles. The Morgan fingerprint density at radius 1 is 1.12 bits per heavy atom. The first-order valence-electron chi connectivity index (χ1n) is 8.22. The fourth-order valence-electron chi connectivity index (χ4n) is 2.38. The van der Waals surface area contributed by atoms with E-state index in [2.05, 4.69) is 17.0 Å². The first kappa shape index (κ1) is 18.9. The molecule has 8 heteroatoms. The molecular formula is C16H25N3O4S. The summed E-state index contributed by atoms with van der Waals surface area (Å²) >= 11 is 0. The van der Waals surface area contributed by atoms with Crippen molar-refractivity contribution >= 4 is 15.9 Å². The van der Waals surface area contributed by atoms with Crippen LogP contribution in [0.5, 0.6) is 0 Å². The summed E-state index contributed by atoms with van der Waals surface area (Å²) in [5.41, 5.74) is 0.487. The van der Waals surface area contributed by atoms with Crippen LogP contribution in [0, 0.1) is 0 Å². The van der Waals surface area contributed by atoms with E-state index in [1.165, 1.54) is 12.1 Å². The highest BCUT2D eigenvalue weighted by Gasteiger charge is 2.19. The summed E-state index contributed by atoms with van der Waals surface area (Å²) in [5, 5.41) is 3.13. The number of nitrogens with zero attached hydrogens (tertiary/aromatic N) is 1. The highest BCUT2D eigenvalue weighted by Crippen LogP contribution is 2.13. The molecule has 1 aliphatic rings. The van der Waals surface area contributed by atoms with Crippen LogP contribution in [0.25, 0.3) is 0 Å². The Kier molecular flexibility index (Phi) is 7.16. The summed E-state index contributed by atoms with van der Waals surface area (Å²) < 4.78 is 32.2. The van der Waals surface area contributed by atoms with Gasteiger partial charge in [0.1, 0.15) is 0 Å². The normalized spacial score (nSPS) is 15.5. The first-order valence-corrected chi connectivity index (χ1v) is 9.70. The van der Waals surface area contributed by atoms with Crippen molar-refractivity contribution in [3.63, 3.8) is 0 Å². The zero-order chi connectivity index (χ0) is 17.4. The van der Waals surface area contributed by atoms with Crippen LogP contribution >= 0.6 is 0 Å². The van der Waals surface area contributed by atoms with Gasteiger partial charge in [-0.1, -0.05) is 6.92 Å². The number of hydrogen-bond donors (Lipinski definition) is 2. The predicted octanol–water partition coefficient (Wildman–Crippen LogP) is 0.437. The fraction of sp³-hybridized carbons (Fsp3) is 0.562. The molecule has 0 radical (unpaired) electrons. The Labute approximate surface area is 143 Å². The van der Waals surface area contributed by atoms with E-state index in [9.17, 15) is 13.2 Å². The lowest BCUT2D eigenvalue weighted by Crippen LogP contribution is -2.40. The van der Waals surface area contributed by atoms with Crippen LogP contribution in [-0.4, -0.2) is 65.2 Å². The number of carbonyl (C=O) groups excluding carboxylic acids is 1. The van der Waals surface area contributed by atoms with Crippen molar-refractivity contribution in [1.82, 2.24) is 14.9 Å². The smallest absolute Gasteiger partial charge is 0.254 e. The van der Waals surface area contributed by atoms with Crippen LogP contribution in [0.4, 0.5) is 0 Å². The second-order valence-corrected chi connectivity index (χ2v) is 7.34. The van der Waals surface area contributed by atoms with Gasteiger partial charge in [-0.15, -0.1) is 0 Å². The zero-order valence-electron chi connectivity index (χ0n) is 14.0. The minimum atomic E-state index is -3.55. The standard InChI is InChI=1S/C16H25N3O4S/c1-2-7-17-8-9-18-24(21,22)15-5-3-14(4-6-15)16(20)19-10-12-23-13-11-19/h3-6,17-18H,2,7-13H2,1H3. The second kappa shape index (κ2) is 9.12. The van der Waals surface area contributed by atoms with Gasteiger partial charge in [0.15, 0.2) is 0 Å². The summed E-state index contributed by atoms with van der Waals surface area (Å²) in [6.07, 6.45) is 1.01. The van der Waals surface area contributed by atoms with Gasteiger partial charge in [-0.25, -0.2) is 13.1 Å². The number of benzene rings is 1. The molecule has 1 amide bonds. The molecule has 0 unspecified atom stereocenters. The number of nitrogens with one attached hydrogen (secondary N) is 2. The van der Waals surface area contributed by atoms with Crippen LogP contribution in [0.1, 0.15) is 23.7 Å². The minimum Gasteiger partial charge on any atom is -0.378 e. The summed E-state index contributed by atoms with van der Waals surface area (Å²) in [6, 6.07) is 6.05. The number of hydrogen-bond acceptors (Lipinski definition) is 5. The maximum absolute atomic E-state index is 12.3. The second-order valence-electron chi connectivity index (χ2n) is 5.58. The van der Waals surface area contributed by atoms with E-state index in [1.54, 1.807) is 17.0 Å². The maximum atomic E-state index is 12.3. The van der Waals surface area contributed by atoms with Gasteiger partial charge in [0.05, 0.1) is 18.1 Å². The van der Waals surface area contributed by atoms with Crippen molar-refractivity contribution in [2.45, 2.75) is 18.2 Å². The number of rotatable bonds is 8. The van der Waals surface area contributed by atoms with Gasteiger partial charge < -0.3 is 15.0 Å². The van der Waals surface area contributed by atoms with Crippen LogP contribution in [0.3, 0.4) is 0 Å². The molecule has 0 bridgehead atoms. The Hall–Kier alpha value is -1.48. The van der Waals surface area contributed by atoms with E-state index in [4.69, 9.17) is 4.74 Å². The Morgan fingerprint density at radius 3 is 2.42 bits per heavy atom. The molecule has 7 nitrogen and oxygen atoms in total. The third-order valence-electron chi connectivity index (χ3n) is 3.73. The van der Waals surface area contributed by atoms with Crippen molar-refractivity contribution in [3.05, 3.63) is 29.8 Å². The van der Waals surface area contributed by atoms with E-state index in [-0.39, 0.29) is 10.8 Å². The molecule has 0 aromatic heterocycles. The average Bonchev–Trinajstić information content (AvgIpc) is 2.62. The monoisotopic (exact) mass is 355 g/mol. The van der Waals surface area contributed by atoms with Gasteiger partial charge in [0.2, 0.25) is 10.0 Å². The topological polar surface area (TPSA) is 87.7 Å². The van der Waals surface area contributed by atoms with Gasteiger partial charge in [0.25, 0.3) is 5.91 Å². The van der Waals surface area contributed by atoms with E-state index in [1.807, 2.05) is 0 Å². The highest BCUT2D eigenvalue weighted by atomic mass is 32.2. The first-order chi connectivity index (χ1) is 11.5. The van der Waals surface area contributed by atoms with Gasteiger partial charge in [-0.05, 0) is 37.2 Å². The molecule has 24 heavy (non-hydrogen) atoms. The van der Waals surface area contributed by atoms with Crippen molar-refractivity contribution in [1.29, 1.82) is 0 Å². The van der Waals surface area contributed by atoms with Crippen molar-refractivity contribution in [2.24, 2.45) is 0 Å². The average molecular weight is 355 g/mol. The number of carbonyl (C=O) groups is 1. The molecule has 1 heterocycles. The summed E-state index contributed by atoms with van der Waals surface area (Å²) in [6.45, 7) is 6.02. The van der Waals surface area contributed by atoms with E-state index in [0.717, 1.165) is 13.0 Å². The molecule has 134 valence electrons. The molecule has 2 rings (SSSR count). The Bertz CT molecular complexity index is 625. The van der Waals surface area contributed by atoms with Crippen LogP contribution < -0.4 is 10.0 Å². The molecule has 0 atom stereocenters. The SMILES string of the molecule is CCCNCCNS(=O)(=O)c1ccc(C(=O)N2CCOCC2)cc1. The van der Waals surface area contributed by atoms with E-state index in [0.29, 0.717) is 45.0 Å². The predicted molar refractivity (Wildman–Crippen MR) is 91.5 cm³/mol. The third-order valence-corrected chi connectivity index (χ3v) is 5.21. The lowest BCUT2D eigenvalue weighted by atomic mass is 10.2. The molecule has 0 aliphatic carbocycles. The van der Waals surface area contributed by atoms with Gasteiger partial charge in [-0.3, -0.25) is 4.79 Å². The molecule has 1 fully saturated rings. The minimum absolute atomic E-state index is 0.0982. The lowest BCUT2D eigenvalue weighted by molar-refractivity contribution is 0.0303. The van der Waals surface area contributed by atoms with Crippen molar-refractivity contribution in [2.75, 3.05) is 45.9 Å². The molecule has 0 spiro atoms. The van der Waals surface area contributed by atoms with Crippen LogP contribution in [0.2, 0.25) is 0 Å². The number of amides is 1. The quantitative estimate of drug-likeness (QED) is 0.661. The Balaban J connectivity index is 1.93. The largest absolute Gasteiger partial charge is 0.378 e. The molecule has 1 aromatic carbocycles. The van der Waals surface area contributed by atoms with Gasteiger partial charge >= 0.3 is 0 Å². The Morgan fingerprint density at radius 2 is 1.79 bits per heavy atom. The molecule has 1 aromatic rings. The van der Waals surface area contributed by atoms with Gasteiger partial charge in [-0.2, -0.15) is 0 Å². The van der Waals surface area contributed by atoms with E-state index >= 15 is 0 Å². The molecular weight excluding hydrogens is 330 g/mol. The summed E-state index contributed by atoms with van der Waals surface area (Å²) in [4.78, 5) is 14.2. The number of sulfonamides is 1. The zero-order valence-corrected chi connectivity index (χ0v) is 14.8. The van der Waals surface area contributed by atoms with E-state index < -0.39 is 10.0 Å². The van der Waals surface area contributed by atoms with Crippen molar-refractivity contribution < 1.29 is 17.9 Å². The maximum Gasteiger partial charge on any atom is 0.254 e.